The van der Waals surface area contributed by atoms with Crippen LogP contribution < -0.4 is 0 Å². The van der Waals surface area contributed by atoms with Gasteiger partial charge < -0.3 is 5.11 Å². The van der Waals surface area contributed by atoms with Crippen molar-refractivity contribution in [1.82, 2.24) is 0 Å². The second-order valence-electron chi connectivity index (χ2n) is 5.20. The van der Waals surface area contributed by atoms with Gasteiger partial charge in [0.1, 0.15) is 11.6 Å². The molecule has 0 spiro atoms. The first-order chi connectivity index (χ1) is 11.9. The molecule has 138 valence electrons. The topological polar surface area (TPSA) is 37.3 Å². The molecule has 26 heavy (non-hydrogen) atoms. The molecule has 2 aromatic rings. The Kier molecular flexibility index (Phi) is 5.11. The largest absolute Gasteiger partial charge is 0.507 e. The minimum Gasteiger partial charge on any atom is -0.507 e. The predicted molar refractivity (Wildman–Crippen MR) is 77.9 cm³/mol. The number of hydrogen-bond donors (Lipinski definition) is 1. The molecule has 1 N–H and O–H groups in total. The second kappa shape index (κ2) is 6.81. The molecule has 0 aliphatic rings. The lowest BCUT2D eigenvalue weighted by Crippen LogP contribution is -2.11. The van der Waals surface area contributed by atoms with Crippen LogP contribution in [0.3, 0.4) is 0 Å². The minimum atomic E-state index is -5.01. The van der Waals surface area contributed by atoms with E-state index in [0.717, 1.165) is 18.2 Å². The summed E-state index contributed by atoms with van der Waals surface area (Å²) in [7, 11) is 0. The summed E-state index contributed by atoms with van der Waals surface area (Å²) in [6.07, 6.45) is -8.59. The molecule has 0 amide bonds. The number of ketones is 1. The normalized spacial score (nSPS) is 12.6. The van der Waals surface area contributed by atoms with Crippen LogP contribution in [0.1, 0.15) is 27.0 Å². The molecule has 0 saturated heterocycles. The van der Waals surface area contributed by atoms with Gasteiger partial charge in [-0.25, -0.2) is 4.39 Å². The monoisotopic (exact) mass is 378 g/mol. The van der Waals surface area contributed by atoms with E-state index in [0.29, 0.717) is 24.3 Å². The standard InChI is InChI=1S/C17H9F7O2/c18-12-2-3-13(15(26)8-12)14(25)4-1-9-5-10(16(19,20)21)7-11(6-9)17(22,23)24/h1-8,26H/b4-1+. The fourth-order valence-corrected chi connectivity index (χ4v) is 2.05. The lowest BCUT2D eigenvalue weighted by Gasteiger charge is -2.12. The van der Waals surface area contributed by atoms with Crippen molar-refractivity contribution in [2.24, 2.45) is 0 Å². The Morgan fingerprint density at radius 3 is 1.88 bits per heavy atom. The average Bonchev–Trinajstić information content (AvgIpc) is 2.50. The molecule has 0 radical (unpaired) electrons. The van der Waals surface area contributed by atoms with Gasteiger partial charge in [0.2, 0.25) is 0 Å². The van der Waals surface area contributed by atoms with E-state index in [-0.39, 0.29) is 11.6 Å². The van der Waals surface area contributed by atoms with Crippen LogP contribution in [0.25, 0.3) is 6.08 Å². The zero-order valence-corrected chi connectivity index (χ0v) is 12.6. The average molecular weight is 378 g/mol. The Bertz CT molecular complexity index is 832. The van der Waals surface area contributed by atoms with Crippen molar-refractivity contribution in [3.8, 4) is 5.75 Å². The third-order valence-corrected chi connectivity index (χ3v) is 3.26. The molecule has 0 atom stereocenters. The summed E-state index contributed by atoms with van der Waals surface area (Å²) in [5.41, 5.74) is -3.92. The van der Waals surface area contributed by atoms with E-state index < -0.39 is 46.4 Å². The molecule has 0 unspecified atom stereocenters. The SMILES string of the molecule is O=C(/C=C/c1cc(C(F)(F)F)cc(C(F)(F)F)c1)c1ccc(F)cc1O. The van der Waals surface area contributed by atoms with Crippen molar-refractivity contribution >= 4 is 11.9 Å². The molecule has 2 rings (SSSR count). The van der Waals surface area contributed by atoms with Crippen LogP contribution >= 0.6 is 0 Å². The van der Waals surface area contributed by atoms with Crippen molar-refractivity contribution in [3.05, 3.63) is 70.5 Å². The predicted octanol–water partition coefficient (Wildman–Crippen LogP) is 5.47. The third kappa shape index (κ3) is 4.62. The number of phenolic OH excluding ortho intramolecular Hbond substituents is 1. The van der Waals surface area contributed by atoms with Gasteiger partial charge in [-0.05, 0) is 42.0 Å². The van der Waals surface area contributed by atoms with Gasteiger partial charge in [0.25, 0.3) is 0 Å². The van der Waals surface area contributed by atoms with E-state index in [4.69, 9.17) is 0 Å². The van der Waals surface area contributed by atoms with Gasteiger partial charge in [0, 0.05) is 6.07 Å². The van der Waals surface area contributed by atoms with E-state index in [1.165, 1.54) is 0 Å². The summed E-state index contributed by atoms with van der Waals surface area (Å²) in [5.74, 6) is -2.45. The van der Waals surface area contributed by atoms with Crippen molar-refractivity contribution in [3.63, 3.8) is 0 Å². The Morgan fingerprint density at radius 2 is 1.42 bits per heavy atom. The molecule has 0 fully saturated rings. The number of carbonyl (C=O) groups is 1. The molecule has 0 saturated carbocycles. The van der Waals surface area contributed by atoms with Crippen molar-refractivity contribution in [2.75, 3.05) is 0 Å². The number of halogens is 7. The van der Waals surface area contributed by atoms with Crippen LogP contribution in [0.2, 0.25) is 0 Å². The fourth-order valence-electron chi connectivity index (χ4n) is 2.05. The Labute approximate surface area is 142 Å². The van der Waals surface area contributed by atoms with Crippen molar-refractivity contribution in [1.29, 1.82) is 0 Å². The van der Waals surface area contributed by atoms with E-state index in [2.05, 4.69) is 0 Å². The van der Waals surface area contributed by atoms with E-state index in [1.807, 2.05) is 0 Å². The Morgan fingerprint density at radius 1 is 0.885 bits per heavy atom. The maximum absolute atomic E-state index is 12.9. The highest BCUT2D eigenvalue weighted by molar-refractivity contribution is 6.08. The van der Waals surface area contributed by atoms with Crippen LogP contribution in [0.5, 0.6) is 5.75 Å². The first kappa shape index (κ1) is 19.5. The highest BCUT2D eigenvalue weighted by Crippen LogP contribution is 2.36. The zero-order chi connectivity index (χ0) is 19.7. The molecule has 0 bridgehead atoms. The first-order valence-corrected chi connectivity index (χ1v) is 6.88. The van der Waals surface area contributed by atoms with Crippen LogP contribution in [0, 0.1) is 5.82 Å². The van der Waals surface area contributed by atoms with E-state index >= 15 is 0 Å². The van der Waals surface area contributed by atoms with E-state index in [1.54, 1.807) is 0 Å². The molecule has 2 aromatic carbocycles. The highest BCUT2D eigenvalue weighted by Gasteiger charge is 2.36. The number of alkyl halides is 6. The molecule has 0 aliphatic carbocycles. The van der Waals surface area contributed by atoms with Gasteiger partial charge in [-0.2, -0.15) is 26.3 Å². The first-order valence-electron chi connectivity index (χ1n) is 6.88. The van der Waals surface area contributed by atoms with Gasteiger partial charge in [-0.15, -0.1) is 0 Å². The number of hydrogen-bond acceptors (Lipinski definition) is 2. The molecule has 2 nitrogen and oxygen atoms in total. The smallest absolute Gasteiger partial charge is 0.416 e. The van der Waals surface area contributed by atoms with Crippen LogP contribution in [0.15, 0.2) is 42.5 Å². The highest BCUT2D eigenvalue weighted by atomic mass is 19.4. The lowest BCUT2D eigenvalue weighted by atomic mass is 10.0. The molecule has 0 aliphatic heterocycles. The molecule has 0 aromatic heterocycles. The summed E-state index contributed by atoms with van der Waals surface area (Å²) in [6.45, 7) is 0. The molecule has 0 heterocycles. The van der Waals surface area contributed by atoms with Crippen LogP contribution in [-0.4, -0.2) is 10.9 Å². The number of rotatable bonds is 3. The molecular weight excluding hydrogens is 369 g/mol. The quantitative estimate of drug-likeness (QED) is 0.437. The van der Waals surface area contributed by atoms with Crippen LogP contribution in [0.4, 0.5) is 30.7 Å². The second-order valence-corrected chi connectivity index (χ2v) is 5.20. The fraction of sp³-hybridized carbons (Fsp3) is 0.118. The van der Waals surface area contributed by atoms with Gasteiger partial charge in [0.15, 0.2) is 5.78 Å². The number of allylic oxidation sites excluding steroid dienone is 1. The Balaban J connectivity index is 2.41. The number of benzene rings is 2. The Hall–Kier alpha value is -2.84. The lowest BCUT2D eigenvalue weighted by molar-refractivity contribution is -0.143. The molecular formula is C17H9F7O2. The summed E-state index contributed by atoms with van der Waals surface area (Å²) in [5, 5.41) is 9.47. The van der Waals surface area contributed by atoms with Gasteiger partial charge >= 0.3 is 12.4 Å². The number of aromatic hydroxyl groups is 1. The summed E-state index contributed by atoms with van der Waals surface area (Å²) in [6, 6.07) is 3.31. The van der Waals surface area contributed by atoms with Crippen molar-refractivity contribution < 1.29 is 40.6 Å². The van der Waals surface area contributed by atoms with Gasteiger partial charge in [-0.1, -0.05) is 6.08 Å². The molecule has 9 heteroatoms. The third-order valence-electron chi connectivity index (χ3n) is 3.26. The summed E-state index contributed by atoms with van der Waals surface area (Å²) >= 11 is 0. The number of phenols is 1. The van der Waals surface area contributed by atoms with Gasteiger partial charge in [-0.3, -0.25) is 4.79 Å². The summed E-state index contributed by atoms with van der Waals surface area (Å²) < 4.78 is 89.5. The van der Waals surface area contributed by atoms with Crippen LogP contribution in [-0.2, 0) is 12.4 Å². The van der Waals surface area contributed by atoms with E-state index in [9.17, 15) is 40.6 Å². The zero-order valence-electron chi connectivity index (χ0n) is 12.6. The number of carbonyl (C=O) groups excluding carboxylic acids is 1. The minimum absolute atomic E-state index is 0.0367. The van der Waals surface area contributed by atoms with Gasteiger partial charge in [0.05, 0.1) is 16.7 Å². The summed E-state index contributed by atoms with van der Waals surface area (Å²) in [4.78, 5) is 11.9. The van der Waals surface area contributed by atoms with Crippen molar-refractivity contribution in [2.45, 2.75) is 12.4 Å². The maximum Gasteiger partial charge on any atom is 0.416 e. The maximum atomic E-state index is 12.9.